The van der Waals surface area contributed by atoms with Crippen LogP contribution in [0.5, 0.6) is 5.75 Å². The molecule has 2 aromatic rings. The second-order valence-corrected chi connectivity index (χ2v) is 3.65. The maximum Gasteiger partial charge on any atom is 0.341 e. The highest BCUT2D eigenvalue weighted by molar-refractivity contribution is 6.00. The predicted molar refractivity (Wildman–Crippen MR) is 64.0 cm³/mol. The summed E-state index contributed by atoms with van der Waals surface area (Å²) in [7, 11) is 0. The van der Waals surface area contributed by atoms with Gasteiger partial charge in [-0.05, 0) is 11.5 Å². The van der Waals surface area contributed by atoms with E-state index < -0.39 is 18.5 Å². The van der Waals surface area contributed by atoms with Gasteiger partial charge in [-0.1, -0.05) is 30.3 Å². The summed E-state index contributed by atoms with van der Waals surface area (Å²) in [6, 6.07) is 10.1. The maximum absolute atomic E-state index is 11.1. The van der Waals surface area contributed by atoms with Crippen LogP contribution >= 0.6 is 0 Å². The number of hydrogen-bond donors (Lipinski definition) is 2. The molecule has 0 aliphatic carbocycles. The Balaban J connectivity index is 2.58. The van der Waals surface area contributed by atoms with Gasteiger partial charge in [-0.3, -0.25) is 0 Å². The predicted octanol–water partition coefficient (Wildman–Crippen LogP) is 2.00. The Morgan fingerprint density at radius 2 is 1.78 bits per heavy atom. The van der Waals surface area contributed by atoms with Crippen LogP contribution in [0.4, 0.5) is 0 Å². The summed E-state index contributed by atoms with van der Waals surface area (Å²) >= 11 is 0. The summed E-state index contributed by atoms with van der Waals surface area (Å²) in [5.41, 5.74) is -0.0463. The SMILES string of the molecule is O=C(O)COc1c(C(=O)O)ccc2ccccc12. The zero-order valence-corrected chi connectivity index (χ0v) is 9.29. The summed E-state index contributed by atoms with van der Waals surface area (Å²) in [6.07, 6.45) is 0. The summed E-state index contributed by atoms with van der Waals surface area (Å²) in [4.78, 5) is 21.6. The van der Waals surface area contributed by atoms with E-state index in [9.17, 15) is 9.59 Å². The number of hydrogen-bond acceptors (Lipinski definition) is 3. The standard InChI is InChI=1S/C13H10O5/c14-11(15)7-18-12-9-4-2-1-3-8(9)5-6-10(12)13(16)17/h1-6H,7H2,(H,14,15)(H,16,17). The molecule has 0 aliphatic heterocycles. The third-order valence-electron chi connectivity index (χ3n) is 2.45. The van der Waals surface area contributed by atoms with Crippen LogP contribution < -0.4 is 4.74 Å². The van der Waals surface area contributed by atoms with Gasteiger partial charge in [0.2, 0.25) is 0 Å². The average Bonchev–Trinajstić information content (AvgIpc) is 2.35. The van der Waals surface area contributed by atoms with Crippen molar-refractivity contribution >= 4 is 22.7 Å². The Morgan fingerprint density at radius 1 is 1.06 bits per heavy atom. The molecule has 0 bridgehead atoms. The van der Waals surface area contributed by atoms with E-state index in [1.807, 2.05) is 6.07 Å². The quantitative estimate of drug-likeness (QED) is 0.861. The number of carboxylic acid groups (broad SMARTS) is 2. The second kappa shape index (κ2) is 4.75. The summed E-state index contributed by atoms with van der Waals surface area (Å²) in [6.45, 7) is -0.575. The molecule has 5 heteroatoms. The zero-order valence-electron chi connectivity index (χ0n) is 9.29. The molecule has 2 aromatic carbocycles. The van der Waals surface area contributed by atoms with Crippen molar-refractivity contribution in [2.24, 2.45) is 0 Å². The lowest BCUT2D eigenvalue weighted by Crippen LogP contribution is -2.12. The van der Waals surface area contributed by atoms with Gasteiger partial charge >= 0.3 is 11.9 Å². The molecule has 2 N–H and O–H groups in total. The lowest BCUT2D eigenvalue weighted by Gasteiger charge is -2.10. The van der Waals surface area contributed by atoms with Crippen LogP contribution in [-0.4, -0.2) is 28.8 Å². The second-order valence-electron chi connectivity index (χ2n) is 3.65. The normalized spacial score (nSPS) is 10.2. The van der Waals surface area contributed by atoms with E-state index in [0.29, 0.717) is 5.39 Å². The molecule has 0 aromatic heterocycles. The molecule has 18 heavy (non-hydrogen) atoms. The van der Waals surface area contributed by atoms with Crippen LogP contribution in [0.2, 0.25) is 0 Å². The number of aliphatic carboxylic acids is 1. The molecule has 0 unspecified atom stereocenters. The first kappa shape index (κ1) is 11.9. The van der Waals surface area contributed by atoms with Crippen molar-refractivity contribution < 1.29 is 24.5 Å². The number of benzene rings is 2. The van der Waals surface area contributed by atoms with Gasteiger partial charge in [0.15, 0.2) is 6.61 Å². The van der Waals surface area contributed by atoms with Gasteiger partial charge in [0.1, 0.15) is 11.3 Å². The molecule has 0 aliphatic rings. The molecule has 0 spiro atoms. The number of carbonyl (C=O) groups is 2. The van der Waals surface area contributed by atoms with Gasteiger partial charge < -0.3 is 14.9 Å². The third-order valence-corrected chi connectivity index (χ3v) is 2.45. The number of rotatable bonds is 4. The minimum Gasteiger partial charge on any atom is -0.480 e. The van der Waals surface area contributed by atoms with Crippen LogP contribution in [0.3, 0.4) is 0 Å². The van der Waals surface area contributed by atoms with Gasteiger partial charge in [-0.25, -0.2) is 9.59 Å². The smallest absolute Gasteiger partial charge is 0.341 e. The Kier molecular flexibility index (Phi) is 3.14. The van der Waals surface area contributed by atoms with E-state index in [-0.39, 0.29) is 11.3 Å². The first-order chi connectivity index (χ1) is 8.59. The van der Waals surface area contributed by atoms with Gasteiger partial charge in [0.05, 0.1) is 0 Å². The van der Waals surface area contributed by atoms with E-state index >= 15 is 0 Å². The molecular weight excluding hydrogens is 236 g/mol. The van der Waals surface area contributed by atoms with Gasteiger partial charge in [-0.2, -0.15) is 0 Å². The average molecular weight is 246 g/mol. The molecule has 0 heterocycles. The van der Waals surface area contributed by atoms with Crippen LogP contribution in [0.1, 0.15) is 10.4 Å². The lowest BCUT2D eigenvalue weighted by molar-refractivity contribution is -0.139. The van der Waals surface area contributed by atoms with Crippen molar-refractivity contribution in [1.29, 1.82) is 0 Å². The molecule has 0 atom stereocenters. The minimum absolute atomic E-state index is 0.0463. The zero-order chi connectivity index (χ0) is 13.1. The van der Waals surface area contributed by atoms with Crippen molar-refractivity contribution in [2.75, 3.05) is 6.61 Å². The van der Waals surface area contributed by atoms with Crippen molar-refractivity contribution in [2.45, 2.75) is 0 Å². The Labute approximate surface area is 102 Å². The van der Waals surface area contributed by atoms with Crippen LogP contribution in [0.25, 0.3) is 10.8 Å². The monoisotopic (exact) mass is 246 g/mol. The van der Waals surface area contributed by atoms with E-state index in [2.05, 4.69) is 0 Å². The highest BCUT2D eigenvalue weighted by Gasteiger charge is 2.15. The minimum atomic E-state index is -1.15. The number of carboxylic acids is 2. The van der Waals surface area contributed by atoms with Crippen molar-refractivity contribution in [3.63, 3.8) is 0 Å². The third kappa shape index (κ3) is 2.24. The van der Waals surface area contributed by atoms with Crippen LogP contribution in [0.15, 0.2) is 36.4 Å². The van der Waals surface area contributed by atoms with Crippen molar-refractivity contribution in [3.8, 4) is 5.75 Å². The molecule has 0 saturated carbocycles. The fourth-order valence-corrected chi connectivity index (χ4v) is 1.70. The molecule has 92 valence electrons. The van der Waals surface area contributed by atoms with Gasteiger partial charge in [-0.15, -0.1) is 0 Å². The fraction of sp³-hybridized carbons (Fsp3) is 0.0769. The fourth-order valence-electron chi connectivity index (χ4n) is 1.70. The molecule has 0 saturated heterocycles. The highest BCUT2D eigenvalue weighted by Crippen LogP contribution is 2.29. The van der Waals surface area contributed by atoms with Gasteiger partial charge in [0, 0.05) is 5.39 Å². The number of ether oxygens (including phenoxy) is 1. The van der Waals surface area contributed by atoms with E-state index in [1.165, 1.54) is 6.07 Å². The van der Waals surface area contributed by atoms with Crippen LogP contribution in [0, 0.1) is 0 Å². The van der Waals surface area contributed by atoms with E-state index in [0.717, 1.165) is 5.39 Å². The van der Waals surface area contributed by atoms with Crippen LogP contribution in [-0.2, 0) is 4.79 Å². The topological polar surface area (TPSA) is 83.8 Å². The molecule has 0 fully saturated rings. The maximum atomic E-state index is 11.1. The highest BCUT2D eigenvalue weighted by atomic mass is 16.5. The Hall–Kier alpha value is -2.56. The Bertz CT molecular complexity index is 618. The largest absolute Gasteiger partial charge is 0.480 e. The van der Waals surface area contributed by atoms with Crippen molar-refractivity contribution in [1.82, 2.24) is 0 Å². The van der Waals surface area contributed by atoms with E-state index in [4.69, 9.17) is 14.9 Å². The Morgan fingerprint density at radius 3 is 2.44 bits per heavy atom. The first-order valence-electron chi connectivity index (χ1n) is 5.19. The summed E-state index contributed by atoms with van der Waals surface area (Å²) in [5, 5.41) is 19.0. The molecule has 0 radical (unpaired) electrons. The molecule has 5 nitrogen and oxygen atoms in total. The van der Waals surface area contributed by atoms with Crippen molar-refractivity contribution in [3.05, 3.63) is 42.0 Å². The summed E-state index contributed by atoms with van der Waals surface area (Å²) < 4.78 is 5.09. The number of fused-ring (bicyclic) bond motifs is 1. The molecular formula is C13H10O5. The number of aromatic carboxylic acids is 1. The van der Waals surface area contributed by atoms with E-state index in [1.54, 1.807) is 24.3 Å². The lowest BCUT2D eigenvalue weighted by atomic mass is 10.1. The molecule has 0 amide bonds. The van der Waals surface area contributed by atoms with Gasteiger partial charge in [0.25, 0.3) is 0 Å². The first-order valence-corrected chi connectivity index (χ1v) is 5.19. The molecule has 2 rings (SSSR count). The summed E-state index contributed by atoms with van der Waals surface area (Å²) in [5.74, 6) is -2.22.